The Morgan fingerprint density at radius 2 is 1.89 bits per heavy atom. The molecule has 1 N–H and O–H groups in total. The second-order valence-electron chi connectivity index (χ2n) is 5.08. The van der Waals surface area contributed by atoms with E-state index in [-0.39, 0.29) is 0 Å². The van der Waals surface area contributed by atoms with Crippen LogP contribution < -0.4 is 5.32 Å². The first-order chi connectivity index (χ1) is 9.36. The first kappa shape index (κ1) is 12.8. The Kier molecular flexibility index (Phi) is 3.90. The minimum absolute atomic E-state index is 0.710. The number of thioether (sulfide) groups is 1. The van der Waals surface area contributed by atoms with Gasteiger partial charge < -0.3 is 5.32 Å². The molecule has 2 heteroatoms. The lowest BCUT2D eigenvalue weighted by Gasteiger charge is -2.30. The average Bonchev–Trinajstić information content (AvgIpc) is 2.44. The maximum Gasteiger partial charge on any atom is 0.0205 e. The van der Waals surface area contributed by atoms with Crippen molar-refractivity contribution in [2.45, 2.75) is 23.8 Å². The van der Waals surface area contributed by atoms with Gasteiger partial charge in [-0.15, -0.1) is 11.8 Å². The van der Waals surface area contributed by atoms with Gasteiger partial charge in [0.25, 0.3) is 0 Å². The van der Waals surface area contributed by atoms with Crippen LogP contribution in [0.25, 0.3) is 0 Å². The summed E-state index contributed by atoms with van der Waals surface area (Å²) >= 11 is 1.79. The second kappa shape index (κ2) is 5.81. The Balaban J connectivity index is 1.49. The lowest BCUT2D eigenvalue weighted by molar-refractivity contribution is 0.535. The molecule has 0 amide bonds. The van der Waals surface area contributed by atoms with Crippen LogP contribution >= 0.6 is 11.8 Å². The van der Waals surface area contributed by atoms with Crippen LogP contribution in [0.4, 0.5) is 0 Å². The zero-order chi connectivity index (χ0) is 13.1. The number of fused-ring (bicyclic) bond motifs is 1. The van der Waals surface area contributed by atoms with Crippen LogP contribution in [-0.2, 0) is 13.0 Å². The highest BCUT2D eigenvalue weighted by Crippen LogP contribution is 2.34. The third kappa shape index (κ3) is 2.85. The molecule has 1 aliphatic rings. The summed E-state index contributed by atoms with van der Waals surface area (Å²) in [6.45, 7) is 2.05. The van der Waals surface area contributed by atoms with Crippen molar-refractivity contribution in [1.29, 1.82) is 0 Å². The predicted octanol–water partition coefficient (Wildman–Crippen LogP) is 3.84. The molecule has 0 heterocycles. The highest BCUT2D eigenvalue weighted by Gasteiger charge is 2.24. The van der Waals surface area contributed by atoms with Crippen LogP contribution in [0.1, 0.15) is 22.6 Å². The fourth-order valence-electron chi connectivity index (χ4n) is 2.68. The second-order valence-corrected chi connectivity index (χ2v) is 5.96. The predicted molar refractivity (Wildman–Crippen MR) is 82.8 cm³/mol. The van der Waals surface area contributed by atoms with Crippen LogP contribution in [-0.4, -0.2) is 12.8 Å². The van der Waals surface area contributed by atoms with Gasteiger partial charge in [0.05, 0.1) is 0 Å². The minimum Gasteiger partial charge on any atom is -0.312 e. The van der Waals surface area contributed by atoms with Gasteiger partial charge in [0.1, 0.15) is 0 Å². The van der Waals surface area contributed by atoms with E-state index >= 15 is 0 Å². The van der Waals surface area contributed by atoms with E-state index in [0.717, 1.165) is 13.1 Å². The van der Waals surface area contributed by atoms with E-state index in [4.69, 9.17) is 0 Å². The monoisotopic (exact) mass is 269 g/mol. The number of hydrogen-bond acceptors (Lipinski definition) is 2. The Hall–Kier alpha value is -1.25. The van der Waals surface area contributed by atoms with E-state index in [2.05, 4.69) is 60.1 Å². The Labute approximate surface area is 119 Å². The lowest BCUT2D eigenvalue weighted by atomic mass is 9.77. The van der Waals surface area contributed by atoms with Gasteiger partial charge in [-0.2, -0.15) is 0 Å². The third-order valence-electron chi connectivity index (χ3n) is 3.84. The van der Waals surface area contributed by atoms with Crippen LogP contribution in [0.15, 0.2) is 53.4 Å². The van der Waals surface area contributed by atoms with Crippen LogP contribution in [0.3, 0.4) is 0 Å². The number of benzene rings is 2. The number of hydrogen-bond donors (Lipinski definition) is 1. The summed E-state index contributed by atoms with van der Waals surface area (Å²) in [6.07, 6.45) is 3.34. The van der Waals surface area contributed by atoms with Crippen molar-refractivity contribution in [2.75, 3.05) is 12.8 Å². The minimum atomic E-state index is 0.710. The lowest BCUT2D eigenvalue weighted by Crippen LogP contribution is -2.28. The largest absolute Gasteiger partial charge is 0.312 e. The third-order valence-corrected chi connectivity index (χ3v) is 4.58. The molecule has 0 radical (unpaired) electrons. The normalized spacial score (nSPS) is 16.8. The molecule has 19 heavy (non-hydrogen) atoms. The zero-order valence-electron chi connectivity index (χ0n) is 11.2. The van der Waals surface area contributed by atoms with Crippen molar-refractivity contribution < 1.29 is 0 Å². The van der Waals surface area contributed by atoms with Crippen molar-refractivity contribution in [3.8, 4) is 0 Å². The quantitative estimate of drug-likeness (QED) is 0.828. The molecule has 3 rings (SSSR count). The van der Waals surface area contributed by atoms with E-state index in [9.17, 15) is 0 Å². The first-order valence-corrected chi connectivity index (χ1v) is 8.01. The van der Waals surface area contributed by atoms with E-state index < -0.39 is 0 Å². The van der Waals surface area contributed by atoms with Crippen LogP contribution in [0, 0.1) is 0 Å². The van der Waals surface area contributed by atoms with Gasteiger partial charge >= 0.3 is 0 Å². The van der Waals surface area contributed by atoms with Crippen LogP contribution in [0.2, 0.25) is 0 Å². The summed E-state index contributed by atoms with van der Waals surface area (Å²) < 4.78 is 0. The van der Waals surface area contributed by atoms with Crippen LogP contribution in [0.5, 0.6) is 0 Å². The molecule has 1 nitrogen and oxygen atoms in total. The Bertz CT molecular complexity index is 547. The molecule has 0 aliphatic heterocycles. The average molecular weight is 269 g/mol. The molecule has 2 aromatic rings. The van der Waals surface area contributed by atoms with Gasteiger partial charge in [0.2, 0.25) is 0 Å². The summed E-state index contributed by atoms with van der Waals surface area (Å²) in [5.41, 5.74) is 4.43. The van der Waals surface area contributed by atoms with Gasteiger partial charge in [-0.1, -0.05) is 36.4 Å². The van der Waals surface area contributed by atoms with Gasteiger partial charge in [-0.05, 0) is 41.5 Å². The molecule has 0 fully saturated rings. The summed E-state index contributed by atoms with van der Waals surface area (Å²) in [7, 11) is 0. The molecule has 1 atom stereocenters. The molecule has 0 spiro atoms. The SMILES string of the molecule is CSc1ccc(CNCC2Cc3ccccc32)cc1. The Morgan fingerprint density at radius 1 is 1.11 bits per heavy atom. The number of rotatable bonds is 5. The standard InChI is InChI=1S/C17H19NS/c1-19-16-8-6-13(7-9-16)11-18-12-15-10-14-4-2-3-5-17(14)15/h2-9,15,18H,10-12H2,1H3. The summed E-state index contributed by atoms with van der Waals surface area (Å²) in [5.74, 6) is 0.710. The molecule has 0 saturated heterocycles. The van der Waals surface area contributed by atoms with Crippen molar-refractivity contribution >= 4 is 11.8 Å². The molecular formula is C17H19NS. The molecule has 0 aromatic heterocycles. The zero-order valence-corrected chi connectivity index (χ0v) is 12.0. The molecule has 2 aromatic carbocycles. The maximum atomic E-state index is 3.58. The molecule has 1 aliphatic carbocycles. The van der Waals surface area contributed by atoms with Gasteiger partial charge in [0, 0.05) is 23.9 Å². The maximum absolute atomic E-state index is 3.58. The summed E-state index contributed by atoms with van der Waals surface area (Å²) in [5, 5.41) is 3.58. The molecule has 0 saturated carbocycles. The van der Waals surface area contributed by atoms with Gasteiger partial charge in [-0.3, -0.25) is 0 Å². The smallest absolute Gasteiger partial charge is 0.0205 e. The van der Waals surface area contributed by atoms with E-state index in [1.54, 1.807) is 11.8 Å². The number of nitrogens with one attached hydrogen (secondary N) is 1. The van der Waals surface area contributed by atoms with Crippen molar-refractivity contribution in [3.63, 3.8) is 0 Å². The highest BCUT2D eigenvalue weighted by molar-refractivity contribution is 7.98. The van der Waals surface area contributed by atoms with E-state index in [1.165, 1.54) is 28.0 Å². The molecular weight excluding hydrogens is 250 g/mol. The van der Waals surface area contributed by atoms with Gasteiger partial charge in [0.15, 0.2) is 0 Å². The topological polar surface area (TPSA) is 12.0 Å². The summed E-state index contributed by atoms with van der Waals surface area (Å²) in [4.78, 5) is 1.33. The molecule has 1 unspecified atom stereocenters. The first-order valence-electron chi connectivity index (χ1n) is 6.78. The molecule has 98 valence electrons. The van der Waals surface area contributed by atoms with Crippen molar-refractivity contribution in [1.82, 2.24) is 5.32 Å². The van der Waals surface area contributed by atoms with Gasteiger partial charge in [-0.25, -0.2) is 0 Å². The highest BCUT2D eigenvalue weighted by atomic mass is 32.2. The molecule has 0 bridgehead atoms. The van der Waals surface area contributed by atoms with E-state index in [1.807, 2.05) is 0 Å². The fourth-order valence-corrected chi connectivity index (χ4v) is 3.09. The summed E-state index contributed by atoms with van der Waals surface area (Å²) in [6, 6.07) is 17.6. The Morgan fingerprint density at radius 3 is 2.63 bits per heavy atom. The van der Waals surface area contributed by atoms with Crippen molar-refractivity contribution in [3.05, 3.63) is 65.2 Å². The van der Waals surface area contributed by atoms with E-state index in [0.29, 0.717) is 5.92 Å². The van der Waals surface area contributed by atoms with Crippen molar-refractivity contribution in [2.24, 2.45) is 0 Å². The fraction of sp³-hybridized carbons (Fsp3) is 0.294.